The molecule has 2 aliphatic heterocycles. The molecule has 2 N–H and O–H groups in total. The van der Waals surface area contributed by atoms with E-state index < -0.39 is 0 Å². The molecule has 33 heavy (non-hydrogen) atoms. The van der Waals surface area contributed by atoms with Gasteiger partial charge in [0.25, 0.3) is 0 Å². The summed E-state index contributed by atoms with van der Waals surface area (Å²) in [4.78, 5) is 13.9. The molecular weight excluding hydrogens is 461 g/mol. The van der Waals surface area contributed by atoms with Crippen LogP contribution in [0.15, 0.2) is 24.5 Å². The Hall–Kier alpha value is -2.03. The highest BCUT2D eigenvalue weighted by Gasteiger charge is 2.33. The molecule has 0 bridgehead atoms. The van der Waals surface area contributed by atoms with Gasteiger partial charge in [0.2, 0.25) is 5.95 Å². The summed E-state index contributed by atoms with van der Waals surface area (Å²) in [6.07, 6.45) is 4.02. The van der Waals surface area contributed by atoms with Crippen LogP contribution in [-0.4, -0.2) is 87.5 Å². The van der Waals surface area contributed by atoms with Crippen LogP contribution in [0.5, 0.6) is 0 Å². The third-order valence-electron chi connectivity index (χ3n) is 6.41. The van der Waals surface area contributed by atoms with Crippen molar-refractivity contribution in [3.8, 4) is 0 Å². The van der Waals surface area contributed by atoms with Crippen molar-refractivity contribution >= 4 is 49.1 Å². The lowest BCUT2D eigenvalue weighted by Crippen LogP contribution is -2.53. The molecule has 0 radical (unpaired) electrons. The Labute approximate surface area is 200 Å². The number of aliphatic hydroxyl groups excluding tert-OH is 1. The number of benzene rings is 1. The van der Waals surface area contributed by atoms with Crippen LogP contribution in [-0.2, 0) is 11.3 Å². The predicted octanol–water partition coefficient (Wildman–Crippen LogP) is 2.29. The molecule has 2 fully saturated rings. The number of halogens is 1. The standard InChI is InChI=1S/C22H29ClN7O2P/c1-14-8-15-10-24-22(27-17-11-25-30(6-7-33)21(17)23)26-16(15)9-18(14)28-2-4-29(5-3-28)19-12-32-13-20(19)31/h8-11,19-20,31H,2-7,12-13,33H2,1H3,(H,24,26,27). The third-order valence-corrected chi connectivity index (χ3v) is 7.06. The van der Waals surface area contributed by atoms with Crippen molar-refractivity contribution in [3.05, 3.63) is 35.2 Å². The van der Waals surface area contributed by atoms with Crippen molar-refractivity contribution in [3.63, 3.8) is 0 Å². The molecule has 0 spiro atoms. The van der Waals surface area contributed by atoms with Gasteiger partial charge in [0, 0.05) is 50.0 Å². The van der Waals surface area contributed by atoms with Crippen LogP contribution in [0.1, 0.15) is 5.56 Å². The number of piperazine rings is 1. The number of ether oxygens (including phenoxy) is 1. The van der Waals surface area contributed by atoms with Gasteiger partial charge in [-0.05, 0) is 30.8 Å². The minimum atomic E-state index is -0.386. The molecule has 0 amide bonds. The predicted molar refractivity (Wildman–Crippen MR) is 134 cm³/mol. The van der Waals surface area contributed by atoms with E-state index in [1.165, 1.54) is 11.3 Å². The number of aryl methyl sites for hydroxylation is 2. The van der Waals surface area contributed by atoms with Crippen molar-refractivity contribution in [2.75, 3.05) is 55.8 Å². The molecule has 0 saturated carbocycles. The Morgan fingerprint density at radius 2 is 2.03 bits per heavy atom. The highest BCUT2D eigenvalue weighted by molar-refractivity contribution is 7.16. The number of nitrogens with zero attached hydrogens (tertiary/aromatic N) is 6. The van der Waals surface area contributed by atoms with Gasteiger partial charge in [0.15, 0.2) is 5.15 Å². The maximum absolute atomic E-state index is 10.1. The van der Waals surface area contributed by atoms with Gasteiger partial charge >= 0.3 is 0 Å². The number of rotatable bonds is 6. The van der Waals surface area contributed by atoms with Gasteiger partial charge in [-0.15, -0.1) is 9.24 Å². The molecule has 3 atom stereocenters. The Morgan fingerprint density at radius 3 is 2.76 bits per heavy atom. The molecule has 2 saturated heterocycles. The van der Waals surface area contributed by atoms with Crippen molar-refractivity contribution in [1.29, 1.82) is 0 Å². The summed E-state index contributed by atoms with van der Waals surface area (Å²) in [5.41, 5.74) is 3.95. The molecule has 3 aromatic rings. The van der Waals surface area contributed by atoms with Gasteiger partial charge < -0.3 is 20.1 Å². The lowest BCUT2D eigenvalue weighted by atomic mass is 10.1. The summed E-state index contributed by atoms with van der Waals surface area (Å²) in [5.74, 6) is 0.490. The van der Waals surface area contributed by atoms with Crippen LogP contribution in [0.4, 0.5) is 17.3 Å². The fraction of sp³-hybridized carbons (Fsp3) is 0.500. The van der Waals surface area contributed by atoms with Crippen molar-refractivity contribution in [1.82, 2.24) is 24.6 Å². The van der Waals surface area contributed by atoms with E-state index in [2.05, 4.69) is 53.5 Å². The normalized spacial score (nSPS) is 21.8. The second-order valence-electron chi connectivity index (χ2n) is 8.57. The lowest BCUT2D eigenvalue weighted by Gasteiger charge is -2.40. The molecule has 1 aromatic carbocycles. The first-order valence-corrected chi connectivity index (χ1v) is 12.4. The largest absolute Gasteiger partial charge is 0.389 e. The average molecular weight is 490 g/mol. The number of anilines is 3. The molecular formula is C22H29ClN7O2P. The van der Waals surface area contributed by atoms with Crippen molar-refractivity contribution < 1.29 is 9.84 Å². The number of aromatic nitrogens is 4. The topological polar surface area (TPSA) is 91.6 Å². The van der Waals surface area contributed by atoms with E-state index in [4.69, 9.17) is 21.3 Å². The molecule has 5 rings (SSSR count). The molecule has 4 heterocycles. The minimum absolute atomic E-state index is 0.110. The Bertz CT molecular complexity index is 1140. The quantitative estimate of drug-likeness (QED) is 0.510. The second kappa shape index (κ2) is 9.68. The monoisotopic (exact) mass is 489 g/mol. The highest BCUT2D eigenvalue weighted by Crippen LogP contribution is 2.29. The van der Waals surface area contributed by atoms with Crippen LogP contribution >= 0.6 is 20.8 Å². The maximum atomic E-state index is 10.1. The molecule has 3 unspecified atom stereocenters. The fourth-order valence-electron chi connectivity index (χ4n) is 4.61. The first-order valence-electron chi connectivity index (χ1n) is 11.2. The van der Waals surface area contributed by atoms with Gasteiger partial charge in [-0.1, -0.05) is 11.6 Å². The lowest BCUT2D eigenvalue weighted by molar-refractivity contribution is 0.0785. The number of hydrogen-bond acceptors (Lipinski definition) is 8. The van der Waals surface area contributed by atoms with Gasteiger partial charge in [0.05, 0.1) is 42.8 Å². The Morgan fingerprint density at radius 1 is 1.21 bits per heavy atom. The van der Waals surface area contributed by atoms with Gasteiger partial charge in [-0.25, -0.2) is 9.97 Å². The number of hydrogen-bond donors (Lipinski definition) is 2. The zero-order valence-corrected chi connectivity index (χ0v) is 20.5. The number of nitrogens with one attached hydrogen (secondary N) is 1. The van der Waals surface area contributed by atoms with E-state index in [9.17, 15) is 5.11 Å². The second-order valence-corrected chi connectivity index (χ2v) is 9.51. The minimum Gasteiger partial charge on any atom is -0.389 e. The summed E-state index contributed by atoms with van der Waals surface area (Å²) in [6, 6.07) is 4.39. The summed E-state index contributed by atoms with van der Waals surface area (Å²) in [5, 5.41) is 19.2. The van der Waals surface area contributed by atoms with E-state index >= 15 is 0 Å². The summed E-state index contributed by atoms with van der Waals surface area (Å²) in [6.45, 7) is 7.51. The van der Waals surface area contributed by atoms with E-state index in [1.807, 2.05) is 6.20 Å². The van der Waals surface area contributed by atoms with Crippen molar-refractivity contribution in [2.24, 2.45) is 0 Å². The maximum Gasteiger partial charge on any atom is 0.227 e. The average Bonchev–Trinajstić information content (AvgIpc) is 3.40. The summed E-state index contributed by atoms with van der Waals surface area (Å²) >= 11 is 6.43. The molecule has 0 aliphatic carbocycles. The summed E-state index contributed by atoms with van der Waals surface area (Å²) < 4.78 is 7.18. The van der Waals surface area contributed by atoms with Crippen LogP contribution in [0.2, 0.25) is 5.15 Å². The molecule has 2 aromatic heterocycles. The number of aliphatic hydroxyl groups is 1. The number of fused-ring (bicyclic) bond motifs is 1. The van der Waals surface area contributed by atoms with Crippen LogP contribution in [0, 0.1) is 6.92 Å². The molecule has 11 heteroatoms. The third kappa shape index (κ3) is 4.66. The Kier molecular flexibility index (Phi) is 6.67. The van der Waals surface area contributed by atoms with Gasteiger partial charge in [-0.3, -0.25) is 9.58 Å². The van der Waals surface area contributed by atoms with Gasteiger partial charge in [-0.2, -0.15) is 5.10 Å². The van der Waals surface area contributed by atoms with E-state index in [-0.39, 0.29) is 12.1 Å². The molecule has 2 aliphatic rings. The SMILES string of the molecule is Cc1cc2cnc(Nc3cnn(CCP)c3Cl)nc2cc1N1CCN(C2COCC2O)CC1. The van der Waals surface area contributed by atoms with E-state index in [0.717, 1.165) is 49.8 Å². The van der Waals surface area contributed by atoms with Crippen molar-refractivity contribution in [2.45, 2.75) is 25.6 Å². The Balaban J connectivity index is 1.33. The zero-order valence-electron chi connectivity index (χ0n) is 18.6. The molecule has 9 nitrogen and oxygen atoms in total. The first kappa shape index (κ1) is 22.7. The summed E-state index contributed by atoms with van der Waals surface area (Å²) in [7, 11) is 2.67. The van der Waals surface area contributed by atoms with E-state index in [0.29, 0.717) is 30.0 Å². The highest BCUT2D eigenvalue weighted by atomic mass is 35.5. The van der Waals surface area contributed by atoms with Crippen LogP contribution in [0.25, 0.3) is 10.9 Å². The van der Waals surface area contributed by atoms with Crippen LogP contribution < -0.4 is 10.2 Å². The molecule has 176 valence electrons. The van der Waals surface area contributed by atoms with Gasteiger partial charge in [0.1, 0.15) is 0 Å². The van der Waals surface area contributed by atoms with E-state index in [1.54, 1.807) is 10.9 Å². The zero-order chi connectivity index (χ0) is 22.9. The van der Waals surface area contributed by atoms with Crippen LogP contribution in [0.3, 0.4) is 0 Å². The fourth-order valence-corrected chi connectivity index (χ4v) is 5.08. The smallest absolute Gasteiger partial charge is 0.227 e. The first-order chi connectivity index (χ1) is 16.0.